The molecular weight excluding hydrogens is 795 g/mol. The molecule has 0 spiro atoms. The molecular formula is C65H49N. The first kappa shape index (κ1) is 39.6. The van der Waals surface area contributed by atoms with Crippen LogP contribution >= 0.6 is 0 Å². The Balaban J connectivity index is 1.03. The molecule has 0 saturated heterocycles. The van der Waals surface area contributed by atoms with Crippen molar-refractivity contribution >= 4 is 17.1 Å². The van der Waals surface area contributed by atoms with Crippen molar-refractivity contribution in [2.24, 2.45) is 0 Å². The van der Waals surface area contributed by atoms with Gasteiger partial charge in [0.2, 0.25) is 0 Å². The van der Waals surface area contributed by atoms with Gasteiger partial charge < -0.3 is 4.90 Å². The van der Waals surface area contributed by atoms with Gasteiger partial charge in [0.05, 0.1) is 5.69 Å². The molecule has 1 heteroatoms. The smallest absolute Gasteiger partial charge is 0.0540 e. The summed E-state index contributed by atoms with van der Waals surface area (Å²) in [6.07, 6.45) is 0. The fraction of sp³-hybridized carbons (Fsp3) is 0.0769. The molecule has 2 aliphatic carbocycles. The van der Waals surface area contributed by atoms with Crippen molar-refractivity contribution in [1.82, 2.24) is 0 Å². The van der Waals surface area contributed by atoms with Crippen molar-refractivity contribution in [3.05, 3.63) is 270 Å². The van der Waals surface area contributed by atoms with Crippen LogP contribution < -0.4 is 4.90 Å². The highest BCUT2D eigenvalue weighted by Crippen LogP contribution is 2.55. The normalized spacial score (nSPS) is 15.1. The third-order valence-corrected chi connectivity index (χ3v) is 14.6. The minimum absolute atomic E-state index is 0.173. The molecule has 2 aliphatic rings. The summed E-state index contributed by atoms with van der Waals surface area (Å²) in [5.74, 6) is 0. The zero-order valence-corrected chi connectivity index (χ0v) is 37.5. The Labute approximate surface area is 389 Å². The number of hydrogen-bond acceptors (Lipinski definition) is 1. The molecule has 1 unspecified atom stereocenters. The van der Waals surface area contributed by atoms with Crippen molar-refractivity contribution in [2.75, 3.05) is 4.90 Å². The number of anilines is 3. The molecule has 1 atom stereocenters. The third kappa shape index (κ3) is 6.22. The van der Waals surface area contributed by atoms with Crippen LogP contribution in [0.4, 0.5) is 17.1 Å². The third-order valence-electron chi connectivity index (χ3n) is 14.6. The van der Waals surface area contributed by atoms with Crippen LogP contribution in [0.5, 0.6) is 0 Å². The van der Waals surface area contributed by atoms with Gasteiger partial charge in [0.1, 0.15) is 0 Å². The van der Waals surface area contributed by atoms with Crippen LogP contribution in [-0.2, 0) is 10.8 Å². The summed E-state index contributed by atoms with van der Waals surface area (Å²) in [4.78, 5) is 2.47. The summed E-state index contributed by atoms with van der Waals surface area (Å²) in [7, 11) is 0. The maximum atomic E-state index is 2.47. The van der Waals surface area contributed by atoms with E-state index in [1.165, 1.54) is 94.6 Å². The number of nitrogens with zero attached hydrogens (tertiary/aromatic N) is 1. The molecule has 10 aromatic carbocycles. The fourth-order valence-corrected chi connectivity index (χ4v) is 11.4. The quantitative estimate of drug-likeness (QED) is 0.147. The molecule has 0 fully saturated rings. The van der Waals surface area contributed by atoms with E-state index in [1.807, 2.05) is 0 Å². The zero-order chi connectivity index (χ0) is 44.4. The van der Waals surface area contributed by atoms with E-state index in [0.717, 1.165) is 17.1 Å². The maximum Gasteiger partial charge on any atom is 0.0540 e. The van der Waals surface area contributed by atoms with Gasteiger partial charge in [0, 0.05) is 27.8 Å². The van der Waals surface area contributed by atoms with Crippen LogP contribution in [0.3, 0.4) is 0 Å². The van der Waals surface area contributed by atoms with E-state index in [1.54, 1.807) is 0 Å². The van der Waals surface area contributed by atoms with Crippen molar-refractivity contribution in [3.8, 4) is 66.8 Å². The lowest BCUT2D eigenvalue weighted by Crippen LogP contribution is -2.22. The molecule has 314 valence electrons. The van der Waals surface area contributed by atoms with Gasteiger partial charge in [-0.25, -0.2) is 0 Å². The first-order valence-electron chi connectivity index (χ1n) is 23.2. The summed E-state index contributed by atoms with van der Waals surface area (Å²) >= 11 is 0. The van der Waals surface area contributed by atoms with Crippen LogP contribution in [0.1, 0.15) is 48.6 Å². The number of hydrogen-bond donors (Lipinski definition) is 0. The summed E-state index contributed by atoms with van der Waals surface area (Å²) in [5.41, 5.74) is 24.6. The van der Waals surface area contributed by atoms with Gasteiger partial charge in [0.25, 0.3) is 0 Å². The Morgan fingerprint density at radius 3 is 1.47 bits per heavy atom. The van der Waals surface area contributed by atoms with E-state index in [9.17, 15) is 0 Å². The molecule has 12 rings (SSSR count). The maximum absolute atomic E-state index is 2.47. The SMILES string of the molecule is CC1(C)c2ccccc2-c2cccc(-c3ccccc3N(c3ccc(-c4ccc5c(c4)C(C)(c4ccccc4)c4ccccc4-5)cc3)c3ccc(-c4ccccc4)c(-c4ccccc4)c3)c21. The Morgan fingerprint density at radius 2 is 0.773 bits per heavy atom. The molecule has 10 aromatic rings. The second kappa shape index (κ2) is 15.6. The minimum Gasteiger partial charge on any atom is -0.310 e. The molecule has 0 bridgehead atoms. The van der Waals surface area contributed by atoms with Gasteiger partial charge in [-0.05, 0) is 132 Å². The average molecular weight is 844 g/mol. The van der Waals surface area contributed by atoms with Crippen molar-refractivity contribution in [2.45, 2.75) is 31.6 Å². The second-order valence-corrected chi connectivity index (χ2v) is 18.6. The topological polar surface area (TPSA) is 3.24 Å². The Kier molecular flexibility index (Phi) is 9.36. The summed E-state index contributed by atoms with van der Waals surface area (Å²) < 4.78 is 0. The van der Waals surface area contributed by atoms with E-state index < -0.39 is 0 Å². The van der Waals surface area contributed by atoms with Crippen LogP contribution in [-0.4, -0.2) is 0 Å². The van der Waals surface area contributed by atoms with Crippen molar-refractivity contribution in [1.29, 1.82) is 0 Å². The van der Waals surface area contributed by atoms with Gasteiger partial charge >= 0.3 is 0 Å². The molecule has 1 nitrogen and oxygen atoms in total. The fourth-order valence-electron chi connectivity index (χ4n) is 11.4. The Bertz CT molecular complexity index is 3440. The molecule has 66 heavy (non-hydrogen) atoms. The molecule has 0 radical (unpaired) electrons. The first-order chi connectivity index (χ1) is 32.4. The summed E-state index contributed by atoms with van der Waals surface area (Å²) in [6, 6.07) is 89.6. The molecule has 0 heterocycles. The molecule has 0 aliphatic heterocycles. The van der Waals surface area contributed by atoms with Gasteiger partial charge in [-0.2, -0.15) is 0 Å². The standard InChI is InChI=1S/C65H49N/c1-64(2)59-31-16-13-27-53(59)56-29-19-30-57(63(56)64)55-28-15-18-33-62(55)66(50-39-41-51(45-20-7-4-8-21-45)58(43-50)46-22-9-5-10-23-46)49-37-34-44(35-38-49)47-36-40-54-52-26-14-17-32-60(52)65(3,61(54)42-47)48-24-11-6-12-25-48/h4-43H,1-3H3. The predicted molar refractivity (Wildman–Crippen MR) is 278 cm³/mol. The van der Waals surface area contributed by atoms with Crippen LogP contribution in [0.25, 0.3) is 66.8 Å². The molecule has 0 aromatic heterocycles. The molecule has 0 amide bonds. The predicted octanol–water partition coefficient (Wildman–Crippen LogP) is 17.5. The highest BCUT2D eigenvalue weighted by atomic mass is 15.1. The van der Waals surface area contributed by atoms with E-state index in [2.05, 4.69) is 268 Å². The average Bonchev–Trinajstić information content (AvgIpc) is 3.79. The van der Waals surface area contributed by atoms with Crippen LogP contribution in [0.2, 0.25) is 0 Å². The Hall–Kier alpha value is -8.00. The highest BCUT2D eigenvalue weighted by Gasteiger charge is 2.41. The molecule has 0 saturated carbocycles. The Morgan fingerprint density at radius 1 is 0.288 bits per heavy atom. The lowest BCUT2D eigenvalue weighted by Gasteiger charge is -2.31. The van der Waals surface area contributed by atoms with Crippen LogP contribution in [0.15, 0.2) is 243 Å². The lowest BCUT2D eigenvalue weighted by atomic mass is 9.74. The number of fused-ring (bicyclic) bond motifs is 6. The van der Waals surface area contributed by atoms with Gasteiger partial charge in [0.15, 0.2) is 0 Å². The number of rotatable bonds is 8. The summed E-state index contributed by atoms with van der Waals surface area (Å²) in [6.45, 7) is 7.16. The minimum atomic E-state index is -0.264. The monoisotopic (exact) mass is 843 g/mol. The second-order valence-electron chi connectivity index (χ2n) is 18.6. The number of para-hydroxylation sites is 1. The molecule has 0 N–H and O–H groups in total. The van der Waals surface area contributed by atoms with E-state index >= 15 is 0 Å². The van der Waals surface area contributed by atoms with Crippen molar-refractivity contribution in [3.63, 3.8) is 0 Å². The van der Waals surface area contributed by atoms with E-state index in [0.29, 0.717) is 0 Å². The number of benzene rings is 10. The largest absolute Gasteiger partial charge is 0.310 e. The summed E-state index contributed by atoms with van der Waals surface area (Å²) in [5, 5.41) is 0. The highest BCUT2D eigenvalue weighted by molar-refractivity contribution is 5.96. The van der Waals surface area contributed by atoms with Crippen LogP contribution in [0, 0.1) is 0 Å². The van der Waals surface area contributed by atoms with E-state index in [4.69, 9.17) is 0 Å². The van der Waals surface area contributed by atoms with E-state index in [-0.39, 0.29) is 10.8 Å². The first-order valence-corrected chi connectivity index (χ1v) is 23.2. The zero-order valence-electron chi connectivity index (χ0n) is 37.5. The van der Waals surface area contributed by atoms with Gasteiger partial charge in [-0.15, -0.1) is 0 Å². The van der Waals surface area contributed by atoms with Crippen molar-refractivity contribution < 1.29 is 0 Å². The lowest BCUT2D eigenvalue weighted by molar-refractivity contribution is 0.662. The van der Waals surface area contributed by atoms with Gasteiger partial charge in [-0.1, -0.05) is 220 Å². The van der Waals surface area contributed by atoms with Gasteiger partial charge in [-0.3, -0.25) is 0 Å².